The highest BCUT2D eigenvalue weighted by atomic mass is 35.5. The Bertz CT molecular complexity index is 1100. The van der Waals surface area contributed by atoms with Gasteiger partial charge in [-0.3, -0.25) is 4.79 Å². The van der Waals surface area contributed by atoms with Crippen LogP contribution >= 0.6 is 11.6 Å². The molecule has 0 spiro atoms. The Balaban J connectivity index is 1.19. The van der Waals surface area contributed by atoms with Crippen LogP contribution in [0.25, 0.3) is 5.69 Å². The summed E-state index contributed by atoms with van der Waals surface area (Å²) in [5.74, 6) is 2.35. The van der Waals surface area contributed by atoms with Gasteiger partial charge in [-0.1, -0.05) is 11.6 Å². The fraction of sp³-hybridized carbons (Fsp3) is 0.318. The lowest BCUT2D eigenvalue weighted by Gasteiger charge is -2.20. The van der Waals surface area contributed by atoms with Gasteiger partial charge in [-0.2, -0.15) is 5.10 Å². The minimum absolute atomic E-state index is 0.0888. The number of anilines is 2. The van der Waals surface area contributed by atoms with Crippen molar-refractivity contribution in [1.82, 2.24) is 20.1 Å². The summed E-state index contributed by atoms with van der Waals surface area (Å²) in [6, 6.07) is 11.4. The summed E-state index contributed by atoms with van der Waals surface area (Å²) in [4.78, 5) is 21.7. The number of halogens is 1. The van der Waals surface area contributed by atoms with Crippen LogP contribution in [-0.4, -0.2) is 46.9 Å². The Morgan fingerprint density at radius 2 is 1.73 bits per heavy atom. The fourth-order valence-corrected chi connectivity index (χ4v) is 4.90. The topological polar surface area (TPSA) is 66.3 Å². The van der Waals surface area contributed by atoms with Gasteiger partial charge in [-0.25, -0.2) is 9.67 Å². The van der Waals surface area contributed by atoms with E-state index >= 15 is 0 Å². The maximum absolute atomic E-state index is 13.0. The minimum Gasteiger partial charge on any atom is -0.356 e. The molecule has 0 radical (unpaired) electrons. The number of benzene rings is 1. The largest absolute Gasteiger partial charge is 0.356 e. The van der Waals surface area contributed by atoms with Crippen LogP contribution in [-0.2, 0) is 6.54 Å². The molecule has 6 rings (SSSR count). The number of carbonyl (C=O) groups excluding carboxylic acids is 1. The van der Waals surface area contributed by atoms with E-state index in [-0.39, 0.29) is 5.91 Å². The smallest absolute Gasteiger partial charge is 0.279 e. The molecule has 2 unspecified atom stereocenters. The van der Waals surface area contributed by atoms with E-state index in [9.17, 15) is 4.79 Å². The van der Waals surface area contributed by atoms with Crippen LogP contribution in [0, 0.1) is 11.8 Å². The van der Waals surface area contributed by atoms with Crippen molar-refractivity contribution in [2.24, 2.45) is 11.8 Å². The third-order valence-electron chi connectivity index (χ3n) is 6.41. The Morgan fingerprint density at radius 3 is 2.40 bits per heavy atom. The van der Waals surface area contributed by atoms with E-state index in [2.05, 4.69) is 20.3 Å². The normalized spacial score (nSPS) is 22.6. The predicted molar refractivity (Wildman–Crippen MR) is 115 cm³/mol. The van der Waals surface area contributed by atoms with Gasteiger partial charge in [-0.15, -0.1) is 0 Å². The SMILES string of the molecule is O=C1c2nn(-c3ccc(Cl)cc3)cc2CN1c1ccc(N2CC3CNCC3C2)nc1. The summed E-state index contributed by atoms with van der Waals surface area (Å²) >= 11 is 5.96. The van der Waals surface area contributed by atoms with Gasteiger partial charge in [0, 0.05) is 43.0 Å². The summed E-state index contributed by atoms with van der Waals surface area (Å²) in [5, 5.41) is 8.65. The molecule has 0 saturated carbocycles. The van der Waals surface area contributed by atoms with Crippen molar-refractivity contribution in [3.05, 3.63) is 65.1 Å². The molecule has 7 nitrogen and oxygen atoms in total. The molecule has 2 aromatic heterocycles. The number of nitrogens with one attached hydrogen (secondary N) is 1. The zero-order valence-electron chi connectivity index (χ0n) is 16.3. The first-order valence-electron chi connectivity index (χ1n) is 10.2. The Labute approximate surface area is 179 Å². The molecule has 0 aliphatic carbocycles. The number of aromatic nitrogens is 3. The summed E-state index contributed by atoms with van der Waals surface area (Å²) in [5.41, 5.74) is 3.10. The monoisotopic (exact) mass is 420 g/mol. The molecule has 2 fully saturated rings. The molecule has 2 saturated heterocycles. The summed E-state index contributed by atoms with van der Waals surface area (Å²) in [7, 11) is 0. The molecule has 5 heterocycles. The average molecular weight is 421 g/mol. The number of hydrogen-bond donors (Lipinski definition) is 1. The highest BCUT2D eigenvalue weighted by Crippen LogP contribution is 2.32. The second kappa shape index (κ2) is 6.82. The van der Waals surface area contributed by atoms with Crippen molar-refractivity contribution in [3.8, 4) is 5.69 Å². The predicted octanol–water partition coefficient (Wildman–Crippen LogP) is 2.74. The van der Waals surface area contributed by atoms with E-state index in [4.69, 9.17) is 11.6 Å². The first kappa shape index (κ1) is 17.9. The van der Waals surface area contributed by atoms with Gasteiger partial charge in [0.25, 0.3) is 5.91 Å². The lowest BCUT2D eigenvalue weighted by atomic mass is 10.0. The quantitative estimate of drug-likeness (QED) is 0.705. The number of amides is 1. The molecule has 1 N–H and O–H groups in total. The molecule has 8 heteroatoms. The van der Waals surface area contributed by atoms with E-state index in [1.165, 1.54) is 0 Å². The third-order valence-corrected chi connectivity index (χ3v) is 6.67. The second-order valence-corrected chi connectivity index (χ2v) is 8.71. The van der Waals surface area contributed by atoms with E-state index in [0.717, 1.165) is 60.8 Å². The standard InChI is InChI=1S/C22H21ClN6O/c23-17-1-3-18(4-2-17)29-13-16-12-28(22(30)21(16)26-29)19-5-6-20(25-9-19)27-10-14-7-24-8-15(14)11-27/h1-6,9,13-15,24H,7-8,10-12H2. The van der Waals surface area contributed by atoms with Gasteiger partial charge in [-0.05, 0) is 48.2 Å². The van der Waals surface area contributed by atoms with Crippen LogP contribution in [0.1, 0.15) is 16.1 Å². The van der Waals surface area contributed by atoms with Gasteiger partial charge in [0.2, 0.25) is 0 Å². The Hall–Kier alpha value is -2.90. The summed E-state index contributed by atoms with van der Waals surface area (Å²) in [6.45, 7) is 4.81. The van der Waals surface area contributed by atoms with Crippen molar-refractivity contribution < 1.29 is 4.79 Å². The molecule has 3 aliphatic rings. The van der Waals surface area contributed by atoms with Crippen LogP contribution in [0.5, 0.6) is 0 Å². The fourth-order valence-electron chi connectivity index (χ4n) is 4.78. The number of carbonyl (C=O) groups is 1. The Morgan fingerprint density at radius 1 is 1.00 bits per heavy atom. The first-order chi connectivity index (χ1) is 14.7. The molecule has 2 atom stereocenters. The minimum atomic E-state index is -0.0888. The van der Waals surface area contributed by atoms with E-state index < -0.39 is 0 Å². The first-order valence-corrected chi connectivity index (χ1v) is 10.6. The molecule has 30 heavy (non-hydrogen) atoms. The molecular formula is C22H21ClN6O. The van der Waals surface area contributed by atoms with E-state index in [1.807, 2.05) is 42.6 Å². The maximum atomic E-state index is 13.0. The number of rotatable bonds is 3. The zero-order valence-corrected chi connectivity index (χ0v) is 17.1. The van der Waals surface area contributed by atoms with Crippen LogP contribution in [0.2, 0.25) is 5.02 Å². The lowest BCUT2D eigenvalue weighted by molar-refractivity contribution is 0.0991. The van der Waals surface area contributed by atoms with Gasteiger partial charge >= 0.3 is 0 Å². The van der Waals surface area contributed by atoms with Gasteiger partial charge < -0.3 is 15.1 Å². The zero-order chi connectivity index (χ0) is 20.2. The van der Waals surface area contributed by atoms with Crippen molar-refractivity contribution in [2.75, 3.05) is 36.0 Å². The van der Waals surface area contributed by atoms with Crippen LogP contribution in [0.3, 0.4) is 0 Å². The lowest BCUT2D eigenvalue weighted by Crippen LogP contribution is -2.27. The molecular weight excluding hydrogens is 400 g/mol. The van der Waals surface area contributed by atoms with Crippen molar-refractivity contribution in [3.63, 3.8) is 0 Å². The molecule has 1 amide bonds. The number of nitrogens with zero attached hydrogens (tertiary/aromatic N) is 5. The summed E-state index contributed by atoms with van der Waals surface area (Å²) in [6.07, 6.45) is 3.72. The summed E-state index contributed by atoms with van der Waals surface area (Å²) < 4.78 is 1.73. The van der Waals surface area contributed by atoms with Crippen molar-refractivity contribution in [1.29, 1.82) is 0 Å². The number of pyridine rings is 1. The van der Waals surface area contributed by atoms with Crippen LogP contribution < -0.4 is 15.1 Å². The second-order valence-electron chi connectivity index (χ2n) is 8.27. The third kappa shape index (κ3) is 2.88. The van der Waals surface area contributed by atoms with E-state index in [1.54, 1.807) is 15.8 Å². The molecule has 0 bridgehead atoms. The average Bonchev–Trinajstić information content (AvgIpc) is 3.50. The molecule has 3 aromatic rings. The molecule has 3 aliphatic heterocycles. The van der Waals surface area contributed by atoms with E-state index in [0.29, 0.717) is 17.3 Å². The van der Waals surface area contributed by atoms with Crippen molar-refractivity contribution >= 4 is 29.0 Å². The van der Waals surface area contributed by atoms with Gasteiger partial charge in [0.1, 0.15) is 5.82 Å². The molecule has 152 valence electrons. The van der Waals surface area contributed by atoms with Crippen LogP contribution in [0.4, 0.5) is 11.5 Å². The van der Waals surface area contributed by atoms with Gasteiger partial charge in [0.05, 0.1) is 24.1 Å². The number of fused-ring (bicyclic) bond motifs is 2. The van der Waals surface area contributed by atoms with Crippen molar-refractivity contribution in [2.45, 2.75) is 6.54 Å². The van der Waals surface area contributed by atoms with Gasteiger partial charge in [0.15, 0.2) is 5.69 Å². The molecule has 1 aromatic carbocycles. The maximum Gasteiger partial charge on any atom is 0.279 e. The Kier molecular flexibility index (Phi) is 4.07. The number of hydrogen-bond acceptors (Lipinski definition) is 5. The highest BCUT2D eigenvalue weighted by Gasteiger charge is 2.37. The van der Waals surface area contributed by atoms with Crippen LogP contribution in [0.15, 0.2) is 48.8 Å². The highest BCUT2D eigenvalue weighted by molar-refractivity contribution is 6.30.